The van der Waals surface area contributed by atoms with Crippen LogP contribution in [0.25, 0.3) is 16.9 Å². The van der Waals surface area contributed by atoms with E-state index in [0.717, 1.165) is 48.4 Å². The summed E-state index contributed by atoms with van der Waals surface area (Å²) in [6, 6.07) is 15.0. The molecule has 0 radical (unpaired) electrons. The van der Waals surface area contributed by atoms with Crippen molar-refractivity contribution in [2.45, 2.75) is 26.2 Å². The molecule has 2 heterocycles. The highest BCUT2D eigenvalue weighted by Crippen LogP contribution is 2.36. The van der Waals surface area contributed by atoms with Crippen LogP contribution in [0.2, 0.25) is 0 Å². The number of hydrogen-bond donors (Lipinski definition) is 1. The van der Waals surface area contributed by atoms with Gasteiger partial charge >= 0.3 is 0 Å². The van der Waals surface area contributed by atoms with Gasteiger partial charge in [-0.25, -0.2) is 4.68 Å². The number of anilines is 1. The number of benzene rings is 2. The van der Waals surface area contributed by atoms with Gasteiger partial charge in [-0.05, 0) is 32.3 Å². The molecular formula is C20H20N4O2. The zero-order valence-corrected chi connectivity index (χ0v) is 14.6. The SMILES string of the molecule is Cc1ccc(-c2nn(-c3ccccc3[N+](=O)[O-])c3c2CCCCN3)cc1. The summed E-state index contributed by atoms with van der Waals surface area (Å²) in [4.78, 5) is 11.1. The number of aryl methyl sites for hydroxylation is 1. The van der Waals surface area contributed by atoms with Gasteiger partial charge in [0.1, 0.15) is 11.5 Å². The fourth-order valence-electron chi connectivity index (χ4n) is 3.42. The van der Waals surface area contributed by atoms with E-state index in [0.29, 0.717) is 5.69 Å². The third-order valence-electron chi connectivity index (χ3n) is 4.76. The first-order valence-electron chi connectivity index (χ1n) is 8.82. The maximum absolute atomic E-state index is 11.5. The van der Waals surface area contributed by atoms with Crippen LogP contribution in [0.15, 0.2) is 48.5 Å². The number of hydrogen-bond acceptors (Lipinski definition) is 4. The van der Waals surface area contributed by atoms with Crippen molar-refractivity contribution in [3.63, 3.8) is 0 Å². The van der Waals surface area contributed by atoms with Gasteiger partial charge in [0.25, 0.3) is 5.69 Å². The summed E-state index contributed by atoms with van der Waals surface area (Å²) >= 11 is 0. The number of para-hydroxylation sites is 2. The van der Waals surface area contributed by atoms with Gasteiger partial charge in [0, 0.05) is 23.7 Å². The molecule has 1 aromatic heterocycles. The van der Waals surface area contributed by atoms with Gasteiger partial charge in [-0.15, -0.1) is 0 Å². The highest BCUT2D eigenvalue weighted by atomic mass is 16.6. The van der Waals surface area contributed by atoms with E-state index >= 15 is 0 Å². The summed E-state index contributed by atoms with van der Waals surface area (Å²) < 4.78 is 1.70. The van der Waals surface area contributed by atoms with Crippen molar-refractivity contribution >= 4 is 11.5 Å². The third kappa shape index (κ3) is 2.83. The van der Waals surface area contributed by atoms with Crippen LogP contribution in [0.1, 0.15) is 24.0 Å². The fourth-order valence-corrected chi connectivity index (χ4v) is 3.42. The quantitative estimate of drug-likeness (QED) is 0.558. The van der Waals surface area contributed by atoms with Crippen molar-refractivity contribution in [2.75, 3.05) is 11.9 Å². The highest BCUT2D eigenvalue weighted by molar-refractivity contribution is 5.72. The maximum Gasteiger partial charge on any atom is 0.294 e. The van der Waals surface area contributed by atoms with Crippen LogP contribution in [0.5, 0.6) is 0 Å². The number of nitro benzene ring substituents is 1. The average Bonchev–Trinajstić information content (AvgIpc) is 2.84. The molecule has 0 fully saturated rings. The average molecular weight is 348 g/mol. The normalized spacial score (nSPS) is 13.6. The molecule has 0 saturated heterocycles. The molecule has 0 saturated carbocycles. The van der Waals surface area contributed by atoms with E-state index in [-0.39, 0.29) is 10.6 Å². The first-order chi connectivity index (χ1) is 12.6. The number of aromatic nitrogens is 2. The molecule has 3 aromatic rings. The number of nitrogens with one attached hydrogen (secondary N) is 1. The van der Waals surface area contributed by atoms with Crippen molar-refractivity contribution < 1.29 is 4.92 Å². The lowest BCUT2D eigenvalue weighted by atomic mass is 10.0. The first-order valence-corrected chi connectivity index (χ1v) is 8.82. The van der Waals surface area contributed by atoms with Gasteiger partial charge in [0.2, 0.25) is 0 Å². The van der Waals surface area contributed by atoms with E-state index < -0.39 is 0 Å². The van der Waals surface area contributed by atoms with E-state index in [2.05, 4.69) is 36.5 Å². The van der Waals surface area contributed by atoms with E-state index in [4.69, 9.17) is 5.10 Å². The Morgan fingerprint density at radius 3 is 2.65 bits per heavy atom. The molecule has 1 aliphatic heterocycles. The molecule has 6 heteroatoms. The molecule has 0 spiro atoms. The van der Waals surface area contributed by atoms with Gasteiger partial charge in [0.15, 0.2) is 0 Å². The van der Waals surface area contributed by atoms with Crippen molar-refractivity contribution in [3.05, 3.63) is 69.8 Å². The van der Waals surface area contributed by atoms with Crippen molar-refractivity contribution in [3.8, 4) is 16.9 Å². The van der Waals surface area contributed by atoms with Gasteiger partial charge in [0.05, 0.1) is 10.6 Å². The number of fused-ring (bicyclic) bond motifs is 1. The third-order valence-corrected chi connectivity index (χ3v) is 4.76. The predicted molar refractivity (Wildman–Crippen MR) is 102 cm³/mol. The Bertz CT molecular complexity index is 960. The lowest BCUT2D eigenvalue weighted by molar-refractivity contribution is -0.384. The molecular weight excluding hydrogens is 328 g/mol. The minimum atomic E-state index is -0.355. The van der Waals surface area contributed by atoms with E-state index in [1.54, 1.807) is 22.9 Å². The Morgan fingerprint density at radius 1 is 1.12 bits per heavy atom. The molecule has 6 nitrogen and oxygen atoms in total. The van der Waals surface area contributed by atoms with Gasteiger partial charge < -0.3 is 5.32 Å². The van der Waals surface area contributed by atoms with Crippen LogP contribution in [-0.2, 0) is 6.42 Å². The van der Waals surface area contributed by atoms with Crippen LogP contribution in [0.3, 0.4) is 0 Å². The Balaban J connectivity index is 1.94. The topological polar surface area (TPSA) is 73.0 Å². The van der Waals surface area contributed by atoms with Crippen molar-refractivity contribution in [1.82, 2.24) is 9.78 Å². The second-order valence-corrected chi connectivity index (χ2v) is 6.58. The minimum Gasteiger partial charge on any atom is -0.370 e. The second-order valence-electron chi connectivity index (χ2n) is 6.58. The summed E-state index contributed by atoms with van der Waals surface area (Å²) in [6.07, 6.45) is 3.05. The molecule has 0 aliphatic carbocycles. The first kappa shape index (κ1) is 16.3. The monoisotopic (exact) mass is 348 g/mol. The van der Waals surface area contributed by atoms with Gasteiger partial charge in [-0.2, -0.15) is 5.10 Å². The molecule has 26 heavy (non-hydrogen) atoms. The summed E-state index contributed by atoms with van der Waals surface area (Å²) in [5, 5.41) is 19.7. The Morgan fingerprint density at radius 2 is 1.88 bits per heavy atom. The van der Waals surface area contributed by atoms with Crippen LogP contribution < -0.4 is 5.32 Å². The summed E-state index contributed by atoms with van der Waals surface area (Å²) in [6.45, 7) is 2.89. The molecule has 0 unspecified atom stereocenters. The number of nitrogens with zero attached hydrogens (tertiary/aromatic N) is 3. The van der Waals surface area contributed by atoms with Crippen molar-refractivity contribution in [1.29, 1.82) is 0 Å². The van der Waals surface area contributed by atoms with Crippen LogP contribution in [0.4, 0.5) is 11.5 Å². The number of rotatable bonds is 3. The summed E-state index contributed by atoms with van der Waals surface area (Å²) in [5.74, 6) is 0.868. The van der Waals surface area contributed by atoms with E-state index in [1.807, 2.05) is 0 Å². The molecule has 132 valence electrons. The minimum absolute atomic E-state index is 0.0549. The molecule has 2 aromatic carbocycles. The van der Waals surface area contributed by atoms with Crippen LogP contribution in [0, 0.1) is 17.0 Å². The molecule has 0 bridgehead atoms. The molecule has 0 atom stereocenters. The lowest BCUT2D eigenvalue weighted by Gasteiger charge is -2.09. The lowest BCUT2D eigenvalue weighted by Crippen LogP contribution is -2.08. The van der Waals surface area contributed by atoms with Crippen molar-refractivity contribution in [2.24, 2.45) is 0 Å². The predicted octanol–water partition coefficient (Wildman–Crippen LogP) is 4.50. The largest absolute Gasteiger partial charge is 0.370 e. The van der Waals surface area contributed by atoms with Gasteiger partial charge in [-0.1, -0.05) is 42.0 Å². The van der Waals surface area contributed by atoms with Crippen LogP contribution >= 0.6 is 0 Å². The molecule has 1 N–H and O–H groups in total. The van der Waals surface area contributed by atoms with Gasteiger partial charge in [-0.3, -0.25) is 10.1 Å². The van der Waals surface area contributed by atoms with E-state index in [9.17, 15) is 10.1 Å². The number of nitro groups is 1. The summed E-state index contributed by atoms with van der Waals surface area (Å²) in [5.41, 5.74) is 4.79. The summed E-state index contributed by atoms with van der Waals surface area (Å²) in [7, 11) is 0. The Hall–Kier alpha value is -3.15. The fraction of sp³-hybridized carbons (Fsp3) is 0.250. The molecule has 1 aliphatic rings. The zero-order valence-electron chi connectivity index (χ0n) is 14.6. The second kappa shape index (κ2) is 6.63. The zero-order chi connectivity index (χ0) is 18.1. The molecule has 4 rings (SSSR count). The Kier molecular flexibility index (Phi) is 4.16. The van der Waals surface area contributed by atoms with E-state index in [1.165, 1.54) is 11.6 Å². The standard InChI is InChI=1S/C20H20N4O2/c1-14-9-11-15(12-10-14)19-16-6-4-5-13-21-20(16)23(22-19)17-7-2-3-8-18(17)24(25)26/h2-3,7-12,21H,4-6,13H2,1H3. The molecule has 0 amide bonds. The smallest absolute Gasteiger partial charge is 0.294 e. The highest BCUT2D eigenvalue weighted by Gasteiger charge is 2.25. The maximum atomic E-state index is 11.5. The van der Waals surface area contributed by atoms with Crippen LogP contribution in [-0.4, -0.2) is 21.2 Å². The Labute approximate surface area is 151 Å².